The third-order valence-corrected chi connectivity index (χ3v) is 5.06. The van der Waals surface area contributed by atoms with Gasteiger partial charge in [-0.05, 0) is 40.9 Å². The molecule has 1 heterocycles. The number of carbonyl (C=O) groups excluding carboxylic acids is 1. The van der Waals surface area contributed by atoms with Crippen molar-refractivity contribution in [2.24, 2.45) is 5.41 Å². The number of nitrogens with zero attached hydrogens (tertiary/aromatic N) is 2. The SMILES string of the molecule is CN(Cc1ccc(Br)s1)C(=O)C1(C#N)CCCC1. The van der Waals surface area contributed by atoms with Gasteiger partial charge >= 0.3 is 0 Å². The smallest absolute Gasteiger partial charge is 0.243 e. The van der Waals surface area contributed by atoms with Crippen LogP contribution in [0, 0.1) is 16.7 Å². The van der Waals surface area contributed by atoms with Crippen molar-refractivity contribution in [3.8, 4) is 6.07 Å². The summed E-state index contributed by atoms with van der Waals surface area (Å²) in [6, 6.07) is 6.24. The van der Waals surface area contributed by atoms with Gasteiger partial charge in [-0.2, -0.15) is 5.26 Å². The number of hydrogen-bond donors (Lipinski definition) is 0. The Morgan fingerprint density at radius 2 is 2.22 bits per heavy atom. The Hall–Kier alpha value is -0.860. The Labute approximate surface area is 120 Å². The van der Waals surface area contributed by atoms with Crippen LogP contribution < -0.4 is 0 Å². The van der Waals surface area contributed by atoms with E-state index in [2.05, 4.69) is 22.0 Å². The highest BCUT2D eigenvalue weighted by molar-refractivity contribution is 9.11. The lowest BCUT2D eigenvalue weighted by atomic mass is 9.86. The molecule has 2 rings (SSSR count). The summed E-state index contributed by atoms with van der Waals surface area (Å²) >= 11 is 5.03. The fourth-order valence-corrected chi connectivity index (χ4v) is 4.00. The molecule has 0 aliphatic heterocycles. The van der Waals surface area contributed by atoms with Crippen LogP contribution in [0.3, 0.4) is 0 Å². The first-order chi connectivity index (χ1) is 8.57. The van der Waals surface area contributed by atoms with Crippen molar-refractivity contribution < 1.29 is 4.79 Å². The Bertz CT molecular complexity index is 485. The molecular formula is C13H15BrN2OS. The molecule has 18 heavy (non-hydrogen) atoms. The van der Waals surface area contributed by atoms with Gasteiger partial charge in [-0.15, -0.1) is 11.3 Å². The van der Waals surface area contributed by atoms with E-state index < -0.39 is 5.41 Å². The topological polar surface area (TPSA) is 44.1 Å². The molecule has 5 heteroatoms. The molecule has 1 aliphatic carbocycles. The van der Waals surface area contributed by atoms with E-state index in [-0.39, 0.29) is 5.91 Å². The number of hydrogen-bond acceptors (Lipinski definition) is 3. The summed E-state index contributed by atoms with van der Waals surface area (Å²) in [5.41, 5.74) is -0.761. The first-order valence-corrected chi connectivity index (χ1v) is 7.59. The summed E-state index contributed by atoms with van der Waals surface area (Å²) < 4.78 is 1.06. The third-order valence-electron chi connectivity index (χ3n) is 3.45. The minimum atomic E-state index is -0.761. The van der Waals surface area contributed by atoms with Crippen LogP contribution in [-0.4, -0.2) is 17.9 Å². The Morgan fingerprint density at radius 3 is 2.72 bits per heavy atom. The molecule has 0 atom stereocenters. The van der Waals surface area contributed by atoms with Crippen molar-refractivity contribution in [3.63, 3.8) is 0 Å². The summed E-state index contributed by atoms with van der Waals surface area (Å²) in [6.07, 6.45) is 3.39. The van der Waals surface area contributed by atoms with E-state index in [1.165, 1.54) is 0 Å². The third kappa shape index (κ3) is 2.60. The number of thiophene rings is 1. The van der Waals surface area contributed by atoms with Gasteiger partial charge in [-0.1, -0.05) is 12.8 Å². The van der Waals surface area contributed by atoms with Gasteiger partial charge in [-0.3, -0.25) is 4.79 Å². The van der Waals surface area contributed by atoms with Gasteiger partial charge in [0, 0.05) is 11.9 Å². The van der Waals surface area contributed by atoms with Crippen LogP contribution in [-0.2, 0) is 11.3 Å². The fraction of sp³-hybridized carbons (Fsp3) is 0.538. The lowest BCUT2D eigenvalue weighted by Crippen LogP contribution is -2.39. The average molecular weight is 327 g/mol. The van der Waals surface area contributed by atoms with Gasteiger partial charge in [0.2, 0.25) is 5.91 Å². The summed E-state index contributed by atoms with van der Waals surface area (Å²) in [6.45, 7) is 0.582. The predicted octanol–water partition coefficient (Wildman–Crippen LogP) is 3.55. The van der Waals surface area contributed by atoms with Crippen molar-refractivity contribution in [2.45, 2.75) is 32.2 Å². The average Bonchev–Trinajstić information content (AvgIpc) is 2.98. The van der Waals surface area contributed by atoms with E-state index in [1.54, 1.807) is 23.3 Å². The van der Waals surface area contributed by atoms with E-state index >= 15 is 0 Å². The second-order valence-electron chi connectivity index (χ2n) is 4.77. The van der Waals surface area contributed by atoms with Crippen LogP contribution in [0.4, 0.5) is 0 Å². The van der Waals surface area contributed by atoms with E-state index in [9.17, 15) is 10.1 Å². The molecule has 1 aliphatic rings. The number of carbonyl (C=O) groups is 1. The van der Waals surface area contributed by atoms with E-state index in [0.717, 1.165) is 21.5 Å². The monoisotopic (exact) mass is 326 g/mol. The molecule has 0 unspecified atom stereocenters. The molecule has 1 aromatic heterocycles. The van der Waals surface area contributed by atoms with Crippen LogP contribution in [0.15, 0.2) is 15.9 Å². The van der Waals surface area contributed by atoms with Crippen LogP contribution in [0.25, 0.3) is 0 Å². The van der Waals surface area contributed by atoms with Gasteiger partial charge in [0.25, 0.3) is 0 Å². The molecule has 1 amide bonds. The van der Waals surface area contributed by atoms with Crippen LogP contribution >= 0.6 is 27.3 Å². The first-order valence-electron chi connectivity index (χ1n) is 5.98. The second kappa shape index (κ2) is 5.41. The van der Waals surface area contributed by atoms with Gasteiger partial charge in [0.15, 0.2) is 0 Å². The summed E-state index contributed by atoms with van der Waals surface area (Å²) in [4.78, 5) is 15.2. The number of halogens is 1. The maximum absolute atomic E-state index is 12.4. The molecule has 96 valence electrons. The lowest BCUT2D eigenvalue weighted by molar-refractivity contribution is -0.138. The second-order valence-corrected chi connectivity index (χ2v) is 7.32. The summed E-state index contributed by atoms with van der Waals surface area (Å²) in [7, 11) is 1.79. The Balaban J connectivity index is 2.07. The van der Waals surface area contributed by atoms with Crippen LogP contribution in [0.2, 0.25) is 0 Å². The molecule has 1 saturated carbocycles. The molecule has 0 aromatic carbocycles. The van der Waals surface area contributed by atoms with Crippen molar-refractivity contribution in [3.05, 3.63) is 20.8 Å². The zero-order valence-electron chi connectivity index (χ0n) is 10.3. The molecule has 0 radical (unpaired) electrons. The minimum absolute atomic E-state index is 0.0213. The van der Waals surface area contributed by atoms with E-state index in [4.69, 9.17) is 0 Å². The highest BCUT2D eigenvalue weighted by atomic mass is 79.9. The van der Waals surface area contributed by atoms with Crippen molar-refractivity contribution in [1.29, 1.82) is 5.26 Å². The van der Waals surface area contributed by atoms with Crippen molar-refractivity contribution in [1.82, 2.24) is 4.90 Å². The molecule has 3 nitrogen and oxygen atoms in total. The number of rotatable bonds is 3. The van der Waals surface area contributed by atoms with E-state index in [1.807, 2.05) is 12.1 Å². The highest BCUT2D eigenvalue weighted by Gasteiger charge is 2.43. The molecule has 0 bridgehead atoms. The maximum Gasteiger partial charge on any atom is 0.243 e. The zero-order chi connectivity index (χ0) is 13.2. The van der Waals surface area contributed by atoms with E-state index in [0.29, 0.717) is 19.4 Å². The zero-order valence-corrected chi connectivity index (χ0v) is 12.7. The largest absolute Gasteiger partial charge is 0.339 e. The molecule has 1 fully saturated rings. The van der Waals surface area contributed by atoms with Crippen molar-refractivity contribution >= 4 is 33.2 Å². The quantitative estimate of drug-likeness (QED) is 0.852. The summed E-state index contributed by atoms with van der Waals surface area (Å²) in [5.74, 6) is -0.0213. The molecule has 0 saturated heterocycles. The Morgan fingerprint density at radius 1 is 1.56 bits per heavy atom. The molecule has 0 N–H and O–H groups in total. The van der Waals surface area contributed by atoms with Crippen molar-refractivity contribution in [2.75, 3.05) is 7.05 Å². The fourth-order valence-electron chi connectivity index (χ4n) is 2.46. The van der Waals surface area contributed by atoms with Crippen LogP contribution in [0.5, 0.6) is 0 Å². The first kappa shape index (κ1) is 13.6. The minimum Gasteiger partial charge on any atom is -0.339 e. The van der Waals surface area contributed by atoms with Gasteiger partial charge < -0.3 is 4.90 Å². The number of nitriles is 1. The standard InChI is InChI=1S/C13H15BrN2OS/c1-16(8-10-4-5-11(14)18-10)12(17)13(9-15)6-2-3-7-13/h4-5H,2-3,6-8H2,1H3. The highest BCUT2D eigenvalue weighted by Crippen LogP contribution is 2.39. The predicted molar refractivity (Wildman–Crippen MR) is 75.0 cm³/mol. The van der Waals surface area contributed by atoms with Gasteiger partial charge in [0.05, 0.1) is 16.4 Å². The molecular weight excluding hydrogens is 312 g/mol. The molecule has 0 spiro atoms. The number of amides is 1. The molecule has 1 aromatic rings. The van der Waals surface area contributed by atoms with Gasteiger partial charge in [0.1, 0.15) is 5.41 Å². The van der Waals surface area contributed by atoms with Gasteiger partial charge in [-0.25, -0.2) is 0 Å². The lowest BCUT2D eigenvalue weighted by Gasteiger charge is -2.26. The van der Waals surface area contributed by atoms with Crippen LogP contribution in [0.1, 0.15) is 30.6 Å². The summed E-state index contributed by atoms with van der Waals surface area (Å²) in [5, 5.41) is 9.30. The Kier molecular flexibility index (Phi) is 4.08. The normalized spacial score (nSPS) is 17.4. The maximum atomic E-state index is 12.4.